The largest absolute Gasteiger partial charge is 0.454 e. The molecule has 26 heavy (non-hydrogen) atoms. The van der Waals surface area contributed by atoms with Crippen LogP contribution in [0.5, 0.6) is 11.5 Å². The maximum Gasteiger partial charge on any atom is 0.345 e. The highest BCUT2D eigenvalue weighted by molar-refractivity contribution is 6.30. The van der Waals surface area contributed by atoms with Crippen LogP contribution in [-0.2, 0) is 16.0 Å². The zero-order valence-electron chi connectivity index (χ0n) is 13.8. The van der Waals surface area contributed by atoms with Gasteiger partial charge in [-0.3, -0.25) is 4.79 Å². The zero-order valence-corrected chi connectivity index (χ0v) is 14.6. The number of benzene rings is 2. The van der Waals surface area contributed by atoms with Crippen LogP contribution in [0.3, 0.4) is 0 Å². The van der Waals surface area contributed by atoms with E-state index in [0.717, 1.165) is 22.2 Å². The van der Waals surface area contributed by atoms with Crippen LogP contribution in [0.2, 0.25) is 5.02 Å². The summed E-state index contributed by atoms with van der Waals surface area (Å²) < 4.78 is 15.7. The molecule has 7 heteroatoms. The smallest absolute Gasteiger partial charge is 0.345 e. The van der Waals surface area contributed by atoms with Crippen LogP contribution >= 0.6 is 11.6 Å². The van der Waals surface area contributed by atoms with Crippen LogP contribution in [0.1, 0.15) is 21.6 Å². The van der Waals surface area contributed by atoms with Crippen LogP contribution in [-0.4, -0.2) is 23.7 Å². The lowest BCUT2D eigenvalue weighted by molar-refractivity contribution is -0.137. The van der Waals surface area contributed by atoms with E-state index in [2.05, 4.69) is 4.98 Å². The Balaban J connectivity index is 1.55. The molecule has 2 heterocycles. The number of esters is 2. The first-order chi connectivity index (χ1) is 12.5. The lowest BCUT2D eigenvalue weighted by atomic mass is 10.1. The summed E-state index contributed by atoms with van der Waals surface area (Å²) in [5.74, 6) is -0.0532. The predicted octanol–water partition coefficient (Wildman–Crippen LogP) is 3.78. The van der Waals surface area contributed by atoms with E-state index >= 15 is 0 Å². The van der Waals surface area contributed by atoms with Crippen molar-refractivity contribution in [2.75, 3.05) is 6.79 Å². The average Bonchev–Trinajstić information content (AvgIpc) is 3.17. The highest BCUT2D eigenvalue weighted by atomic mass is 35.5. The molecule has 0 unspecified atom stereocenters. The SMILES string of the molecule is Cc1[nH]c2cc3c(cc2c1CC(=O)OC(=O)c1ccc(Cl)cc1)OCO3. The summed E-state index contributed by atoms with van der Waals surface area (Å²) >= 11 is 5.79. The summed E-state index contributed by atoms with van der Waals surface area (Å²) in [5.41, 5.74) is 2.67. The van der Waals surface area contributed by atoms with Crippen molar-refractivity contribution in [3.63, 3.8) is 0 Å². The lowest BCUT2D eigenvalue weighted by Crippen LogP contribution is -2.15. The molecule has 0 saturated heterocycles. The topological polar surface area (TPSA) is 77.6 Å². The molecule has 0 saturated carbocycles. The van der Waals surface area contributed by atoms with Crippen molar-refractivity contribution >= 4 is 34.4 Å². The normalized spacial score (nSPS) is 12.4. The number of aryl methyl sites for hydroxylation is 1. The molecule has 3 aromatic rings. The summed E-state index contributed by atoms with van der Waals surface area (Å²) in [6.45, 7) is 2.03. The second kappa shape index (κ2) is 6.38. The summed E-state index contributed by atoms with van der Waals surface area (Å²) in [4.78, 5) is 27.5. The van der Waals surface area contributed by atoms with E-state index in [1.54, 1.807) is 12.1 Å². The number of halogens is 1. The Kier molecular flexibility index (Phi) is 4.05. The number of nitrogens with one attached hydrogen (secondary N) is 1. The Bertz CT molecular complexity index is 1020. The summed E-state index contributed by atoms with van der Waals surface area (Å²) in [7, 11) is 0. The molecule has 0 spiro atoms. The third-order valence-corrected chi connectivity index (χ3v) is 4.47. The first kappa shape index (κ1) is 16.5. The molecular formula is C19H14ClNO5. The zero-order chi connectivity index (χ0) is 18.3. The Labute approximate surface area is 153 Å². The van der Waals surface area contributed by atoms with Crippen molar-refractivity contribution in [2.45, 2.75) is 13.3 Å². The quantitative estimate of drug-likeness (QED) is 0.560. The van der Waals surface area contributed by atoms with Gasteiger partial charge >= 0.3 is 11.9 Å². The second-order valence-corrected chi connectivity index (χ2v) is 6.36. The number of hydrogen-bond acceptors (Lipinski definition) is 5. The van der Waals surface area contributed by atoms with Gasteiger partial charge in [-0.15, -0.1) is 0 Å². The van der Waals surface area contributed by atoms with Gasteiger partial charge in [-0.05, 0) is 42.8 Å². The maximum atomic E-state index is 12.3. The number of ether oxygens (including phenoxy) is 3. The van der Waals surface area contributed by atoms with Gasteiger partial charge in [0.25, 0.3) is 0 Å². The Morgan fingerprint density at radius 1 is 1.15 bits per heavy atom. The third-order valence-electron chi connectivity index (χ3n) is 4.22. The maximum absolute atomic E-state index is 12.3. The van der Waals surface area contributed by atoms with Gasteiger partial charge in [0.05, 0.1) is 12.0 Å². The van der Waals surface area contributed by atoms with Gasteiger partial charge in [-0.2, -0.15) is 0 Å². The molecule has 0 bridgehead atoms. The summed E-state index contributed by atoms with van der Waals surface area (Å²) in [6, 6.07) is 9.80. The molecule has 0 aliphatic carbocycles. The number of hydrogen-bond donors (Lipinski definition) is 1. The van der Waals surface area contributed by atoms with Crippen molar-refractivity contribution in [3.8, 4) is 11.5 Å². The van der Waals surface area contributed by atoms with Crippen LogP contribution in [0.4, 0.5) is 0 Å². The average molecular weight is 372 g/mol. The minimum atomic E-state index is -0.707. The number of fused-ring (bicyclic) bond motifs is 2. The number of rotatable bonds is 3. The van der Waals surface area contributed by atoms with E-state index in [4.69, 9.17) is 25.8 Å². The first-order valence-electron chi connectivity index (χ1n) is 7.92. The molecule has 0 amide bonds. The van der Waals surface area contributed by atoms with E-state index < -0.39 is 11.9 Å². The fourth-order valence-electron chi connectivity index (χ4n) is 2.93. The highest BCUT2D eigenvalue weighted by Gasteiger charge is 2.21. The molecule has 0 radical (unpaired) electrons. The molecule has 1 aliphatic heterocycles. The molecule has 0 atom stereocenters. The van der Waals surface area contributed by atoms with E-state index in [0.29, 0.717) is 16.5 Å². The minimum absolute atomic E-state index is 0.0369. The Hall–Kier alpha value is -2.99. The fourth-order valence-corrected chi connectivity index (χ4v) is 3.06. The van der Waals surface area contributed by atoms with Gasteiger partial charge in [-0.25, -0.2) is 4.79 Å². The summed E-state index contributed by atoms with van der Waals surface area (Å²) in [6.07, 6.45) is -0.0369. The molecule has 1 aromatic heterocycles. The standard InChI is InChI=1S/C19H14ClNO5/c1-10-13(14-6-16-17(25-9-24-16)8-15(14)21-10)7-18(22)26-19(23)11-2-4-12(20)5-3-11/h2-6,8,21H,7,9H2,1H3. The van der Waals surface area contributed by atoms with Crippen LogP contribution < -0.4 is 9.47 Å². The molecule has 0 fully saturated rings. The highest BCUT2D eigenvalue weighted by Crippen LogP contribution is 2.38. The van der Waals surface area contributed by atoms with E-state index in [1.165, 1.54) is 12.1 Å². The number of aromatic nitrogens is 1. The Morgan fingerprint density at radius 3 is 2.58 bits per heavy atom. The second-order valence-electron chi connectivity index (χ2n) is 5.92. The fraction of sp³-hybridized carbons (Fsp3) is 0.158. The van der Waals surface area contributed by atoms with Crippen LogP contribution in [0, 0.1) is 6.92 Å². The molecule has 1 aliphatic rings. The molecule has 2 aromatic carbocycles. The van der Waals surface area contributed by atoms with Crippen LogP contribution in [0.25, 0.3) is 10.9 Å². The van der Waals surface area contributed by atoms with E-state index in [9.17, 15) is 9.59 Å². The third kappa shape index (κ3) is 2.99. The molecule has 132 valence electrons. The molecule has 4 rings (SSSR count). The monoisotopic (exact) mass is 371 g/mol. The number of H-pyrrole nitrogens is 1. The van der Waals surface area contributed by atoms with Gasteiger partial charge in [0, 0.05) is 27.7 Å². The molecular weight excluding hydrogens is 358 g/mol. The van der Waals surface area contributed by atoms with Gasteiger partial charge in [0.15, 0.2) is 11.5 Å². The van der Waals surface area contributed by atoms with Crippen molar-refractivity contribution in [3.05, 3.63) is 58.2 Å². The molecule has 1 N–H and O–H groups in total. The van der Waals surface area contributed by atoms with E-state index in [1.807, 2.05) is 19.1 Å². The number of aromatic amines is 1. The van der Waals surface area contributed by atoms with Crippen molar-refractivity contribution < 1.29 is 23.8 Å². The molecule has 6 nitrogen and oxygen atoms in total. The number of carbonyl (C=O) groups excluding carboxylic acids is 2. The van der Waals surface area contributed by atoms with Crippen molar-refractivity contribution in [2.24, 2.45) is 0 Å². The lowest BCUT2D eigenvalue weighted by Gasteiger charge is -2.04. The minimum Gasteiger partial charge on any atom is -0.454 e. The van der Waals surface area contributed by atoms with Gasteiger partial charge in [0.2, 0.25) is 6.79 Å². The summed E-state index contributed by atoms with van der Waals surface area (Å²) in [5, 5.41) is 1.34. The van der Waals surface area contributed by atoms with Gasteiger partial charge < -0.3 is 19.2 Å². The first-order valence-corrected chi connectivity index (χ1v) is 8.30. The number of carbonyl (C=O) groups is 2. The van der Waals surface area contributed by atoms with E-state index in [-0.39, 0.29) is 18.8 Å². The van der Waals surface area contributed by atoms with Crippen molar-refractivity contribution in [1.29, 1.82) is 0 Å². The predicted molar refractivity (Wildman–Crippen MR) is 94.7 cm³/mol. The van der Waals surface area contributed by atoms with Gasteiger partial charge in [-0.1, -0.05) is 11.6 Å². The van der Waals surface area contributed by atoms with Gasteiger partial charge in [0.1, 0.15) is 0 Å². The Morgan fingerprint density at radius 2 is 1.85 bits per heavy atom. The van der Waals surface area contributed by atoms with Crippen LogP contribution in [0.15, 0.2) is 36.4 Å². The van der Waals surface area contributed by atoms with Crippen molar-refractivity contribution in [1.82, 2.24) is 4.98 Å².